The van der Waals surface area contributed by atoms with Gasteiger partial charge in [0.25, 0.3) is 0 Å². The summed E-state index contributed by atoms with van der Waals surface area (Å²) in [5.41, 5.74) is 0. The number of hydrogen-bond acceptors (Lipinski definition) is 5. The van der Waals surface area contributed by atoms with E-state index in [9.17, 15) is 13.2 Å². The molecule has 0 saturated carbocycles. The zero-order chi connectivity index (χ0) is 17.0. The maximum absolute atomic E-state index is 12.3. The minimum absolute atomic E-state index is 0.0276. The van der Waals surface area contributed by atoms with Crippen LogP contribution in [-0.4, -0.2) is 63.1 Å². The summed E-state index contributed by atoms with van der Waals surface area (Å²) in [5, 5.41) is 0. The summed E-state index contributed by atoms with van der Waals surface area (Å²) in [6.07, 6.45) is 2.62. The van der Waals surface area contributed by atoms with E-state index in [2.05, 4.69) is 9.62 Å². The first kappa shape index (κ1) is 18.0. The molecule has 23 heavy (non-hydrogen) atoms. The fourth-order valence-corrected chi connectivity index (χ4v) is 3.56. The SMILES string of the molecule is Cc1ccc(CN(C)C(=O)CN2CCC(NS(C)(=O)=O)CC2)o1. The molecule has 2 heterocycles. The van der Waals surface area contributed by atoms with Gasteiger partial charge in [-0.15, -0.1) is 0 Å². The Morgan fingerprint density at radius 3 is 2.57 bits per heavy atom. The van der Waals surface area contributed by atoms with Crippen molar-refractivity contribution in [1.82, 2.24) is 14.5 Å². The molecular weight excluding hydrogens is 318 g/mol. The van der Waals surface area contributed by atoms with Crippen LogP contribution in [0.5, 0.6) is 0 Å². The van der Waals surface area contributed by atoms with Gasteiger partial charge in [-0.2, -0.15) is 0 Å². The number of amides is 1. The number of aryl methyl sites for hydroxylation is 1. The van der Waals surface area contributed by atoms with Crippen LogP contribution in [-0.2, 0) is 21.4 Å². The Bertz CT molecular complexity index is 633. The predicted octanol–water partition coefficient (Wildman–Crippen LogP) is 0.560. The topological polar surface area (TPSA) is 82.9 Å². The van der Waals surface area contributed by atoms with E-state index in [1.807, 2.05) is 19.1 Å². The quantitative estimate of drug-likeness (QED) is 0.816. The van der Waals surface area contributed by atoms with Gasteiger partial charge in [-0.3, -0.25) is 9.69 Å². The van der Waals surface area contributed by atoms with Crippen LogP contribution in [0.4, 0.5) is 0 Å². The van der Waals surface area contributed by atoms with Gasteiger partial charge >= 0.3 is 0 Å². The van der Waals surface area contributed by atoms with E-state index in [4.69, 9.17) is 4.42 Å². The molecule has 0 radical (unpaired) electrons. The third-order valence-corrected chi connectivity index (χ3v) is 4.70. The van der Waals surface area contributed by atoms with Crippen LogP contribution in [0.3, 0.4) is 0 Å². The van der Waals surface area contributed by atoms with E-state index in [0.29, 0.717) is 26.2 Å². The average Bonchev–Trinajstić information content (AvgIpc) is 2.84. The maximum Gasteiger partial charge on any atom is 0.236 e. The number of likely N-dealkylation sites (tertiary alicyclic amines) is 1. The molecule has 1 N–H and O–H groups in total. The molecule has 1 saturated heterocycles. The summed E-state index contributed by atoms with van der Waals surface area (Å²) in [5.74, 6) is 1.64. The highest BCUT2D eigenvalue weighted by Crippen LogP contribution is 2.12. The van der Waals surface area contributed by atoms with Crippen molar-refractivity contribution < 1.29 is 17.6 Å². The number of nitrogens with one attached hydrogen (secondary N) is 1. The van der Waals surface area contributed by atoms with E-state index in [1.54, 1.807) is 11.9 Å². The molecule has 0 atom stereocenters. The standard InChI is InChI=1S/C15H25N3O4S/c1-12-4-5-14(22-12)10-17(2)15(19)11-18-8-6-13(7-9-18)16-23(3,20)21/h4-5,13,16H,6-11H2,1-3H3. The monoisotopic (exact) mass is 343 g/mol. The van der Waals surface area contributed by atoms with Gasteiger partial charge < -0.3 is 9.32 Å². The van der Waals surface area contributed by atoms with E-state index in [0.717, 1.165) is 24.4 Å². The summed E-state index contributed by atoms with van der Waals surface area (Å²) in [6, 6.07) is 3.73. The Hall–Kier alpha value is -1.38. The van der Waals surface area contributed by atoms with E-state index in [1.165, 1.54) is 6.26 Å². The Morgan fingerprint density at radius 1 is 1.39 bits per heavy atom. The smallest absolute Gasteiger partial charge is 0.236 e. The van der Waals surface area contributed by atoms with Crippen molar-refractivity contribution in [2.24, 2.45) is 0 Å². The van der Waals surface area contributed by atoms with Crippen LogP contribution in [0, 0.1) is 6.92 Å². The first-order chi connectivity index (χ1) is 10.7. The largest absolute Gasteiger partial charge is 0.464 e. The van der Waals surface area contributed by atoms with Gasteiger partial charge in [-0.25, -0.2) is 13.1 Å². The van der Waals surface area contributed by atoms with E-state index in [-0.39, 0.29) is 11.9 Å². The minimum atomic E-state index is -3.16. The van der Waals surface area contributed by atoms with Crippen molar-refractivity contribution >= 4 is 15.9 Å². The highest BCUT2D eigenvalue weighted by Gasteiger charge is 2.23. The lowest BCUT2D eigenvalue weighted by atomic mass is 10.1. The number of likely N-dealkylation sites (N-methyl/N-ethyl adjacent to an activating group) is 1. The first-order valence-electron chi connectivity index (χ1n) is 7.72. The summed E-state index contributed by atoms with van der Waals surface area (Å²) >= 11 is 0. The number of furan rings is 1. The van der Waals surface area contributed by atoms with Crippen molar-refractivity contribution in [2.75, 3.05) is 32.9 Å². The van der Waals surface area contributed by atoms with E-state index < -0.39 is 10.0 Å². The fourth-order valence-electron chi connectivity index (χ4n) is 2.72. The third-order valence-electron chi connectivity index (χ3n) is 3.94. The van der Waals surface area contributed by atoms with Crippen molar-refractivity contribution in [3.05, 3.63) is 23.7 Å². The lowest BCUT2D eigenvalue weighted by Gasteiger charge is -2.32. The zero-order valence-electron chi connectivity index (χ0n) is 13.9. The van der Waals surface area contributed by atoms with Gasteiger partial charge in [-0.1, -0.05) is 0 Å². The minimum Gasteiger partial charge on any atom is -0.464 e. The molecule has 1 aromatic rings. The number of nitrogens with zero attached hydrogens (tertiary/aromatic N) is 2. The van der Waals surface area contributed by atoms with Crippen LogP contribution < -0.4 is 4.72 Å². The molecule has 1 aromatic heterocycles. The van der Waals surface area contributed by atoms with Crippen molar-refractivity contribution in [3.8, 4) is 0 Å². The molecule has 0 bridgehead atoms. The second kappa shape index (κ2) is 7.46. The zero-order valence-corrected chi connectivity index (χ0v) is 14.7. The molecule has 1 fully saturated rings. The first-order valence-corrected chi connectivity index (χ1v) is 9.61. The number of hydrogen-bond donors (Lipinski definition) is 1. The summed E-state index contributed by atoms with van der Waals surface area (Å²) in [6.45, 7) is 4.11. The molecule has 0 aromatic carbocycles. The molecule has 0 unspecified atom stereocenters. The lowest BCUT2D eigenvalue weighted by molar-refractivity contribution is -0.132. The highest BCUT2D eigenvalue weighted by molar-refractivity contribution is 7.88. The van der Waals surface area contributed by atoms with Crippen molar-refractivity contribution in [2.45, 2.75) is 32.4 Å². The molecule has 7 nitrogen and oxygen atoms in total. The molecular formula is C15H25N3O4S. The van der Waals surface area contributed by atoms with Gasteiger partial charge in [0, 0.05) is 26.2 Å². The predicted molar refractivity (Wildman–Crippen MR) is 87.4 cm³/mol. The van der Waals surface area contributed by atoms with Gasteiger partial charge in [0.05, 0.1) is 19.3 Å². The van der Waals surface area contributed by atoms with Gasteiger partial charge in [-0.05, 0) is 31.9 Å². The fraction of sp³-hybridized carbons (Fsp3) is 0.667. The second-order valence-electron chi connectivity index (χ2n) is 6.20. The Labute approximate surface area is 137 Å². The number of piperidine rings is 1. The number of rotatable bonds is 6. The Morgan fingerprint density at radius 2 is 2.04 bits per heavy atom. The Balaban J connectivity index is 1.76. The van der Waals surface area contributed by atoms with Crippen LogP contribution in [0.2, 0.25) is 0 Å². The molecule has 0 spiro atoms. The second-order valence-corrected chi connectivity index (χ2v) is 7.98. The van der Waals surface area contributed by atoms with Crippen LogP contribution in [0.15, 0.2) is 16.5 Å². The van der Waals surface area contributed by atoms with Gasteiger partial charge in [0.2, 0.25) is 15.9 Å². The number of carbonyl (C=O) groups is 1. The maximum atomic E-state index is 12.3. The normalized spacial score (nSPS) is 17.3. The van der Waals surface area contributed by atoms with Crippen LogP contribution in [0.1, 0.15) is 24.4 Å². The van der Waals surface area contributed by atoms with Crippen molar-refractivity contribution in [3.63, 3.8) is 0 Å². The van der Waals surface area contributed by atoms with Crippen molar-refractivity contribution in [1.29, 1.82) is 0 Å². The number of sulfonamides is 1. The van der Waals surface area contributed by atoms with Crippen LogP contribution in [0.25, 0.3) is 0 Å². The third kappa shape index (κ3) is 5.96. The summed E-state index contributed by atoms with van der Waals surface area (Å²) < 4.78 is 30.6. The molecule has 1 aliphatic heterocycles. The Kier molecular flexibility index (Phi) is 5.83. The van der Waals surface area contributed by atoms with Gasteiger partial charge in [0.1, 0.15) is 11.5 Å². The average molecular weight is 343 g/mol. The number of carbonyl (C=O) groups excluding carboxylic acids is 1. The molecule has 8 heteroatoms. The molecule has 130 valence electrons. The van der Waals surface area contributed by atoms with Gasteiger partial charge in [0.15, 0.2) is 0 Å². The molecule has 0 aliphatic carbocycles. The van der Waals surface area contributed by atoms with E-state index >= 15 is 0 Å². The summed E-state index contributed by atoms with van der Waals surface area (Å²) in [4.78, 5) is 16.0. The molecule has 2 rings (SSSR count). The summed E-state index contributed by atoms with van der Waals surface area (Å²) in [7, 11) is -1.40. The van der Waals surface area contributed by atoms with Crippen LogP contribution >= 0.6 is 0 Å². The highest BCUT2D eigenvalue weighted by atomic mass is 32.2. The lowest BCUT2D eigenvalue weighted by Crippen LogP contribution is -2.47. The molecule has 1 aliphatic rings. The molecule has 1 amide bonds.